The minimum absolute atomic E-state index is 0.127. The first-order valence-corrected chi connectivity index (χ1v) is 14.9. The summed E-state index contributed by atoms with van der Waals surface area (Å²) >= 11 is 0. The van der Waals surface area contributed by atoms with Gasteiger partial charge in [-0.2, -0.15) is 5.06 Å². The number of amides is 2. The van der Waals surface area contributed by atoms with Crippen molar-refractivity contribution in [2.45, 2.75) is 31.2 Å². The molecular weight excluding hydrogens is 574 g/mol. The Balaban J connectivity index is 1.68. The molecule has 45 heavy (non-hydrogen) atoms. The number of likely N-dealkylation sites (N-methyl/N-ethyl adjacent to an activating group) is 1. The second kappa shape index (κ2) is 15.3. The number of ether oxygens (including phenoxy) is 1. The van der Waals surface area contributed by atoms with Gasteiger partial charge in [-0.15, -0.1) is 0 Å². The van der Waals surface area contributed by atoms with Crippen molar-refractivity contribution in [3.8, 4) is 16.9 Å². The minimum atomic E-state index is -0.856. The van der Waals surface area contributed by atoms with Crippen LogP contribution >= 0.6 is 0 Å². The fourth-order valence-electron chi connectivity index (χ4n) is 5.80. The van der Waals surface area contributed by atoms with Crippen molar-refractivity contribution in [2.24, 2.45) is 17.4 Å². The molecule has 0 saturated carbocycles. The zero-order chi connectivity index (χ0) is 32.7. The number of nitrogens with one attached hydrogen (secondary N) is 1. The van der Waals surface area contributed by atoms with Crippen molar-refractivity contribution in [2.75, 3.05) is 59.9 Å². The highest BCUT2D eigenvalue weighted by molar-refractivity contribution is 5.97. The molecule has 3 aromatic rings. The number of para-hydroxylation sites is 1. The fourth-order valence-corrected chi connectivity index (χ4v) is 5.80. The Morgan fingerprint density at radius 2 is 1.91 bits per heavy atom. The predicted molar refractivity (Wildman–Crippen MR) is 174 cm³/mol. The number of carbonyl (C=O) groups excluding carboxylic acids is 2. The summed E-state index contributed by atoms with van der Waals surface area (Å²) in [5.41, 5.74) is 16.1. The highest BCUT2D eigenvalue weighted by Crippen LogP contribution is 2.38. The fraction of sp³-hybridized carbons (Fsp3) is 0.424. The van der Waals surface area contributed by atoms with E-state index in [1.165, 1.54) is 5.06 Å². The maximum Gasteiger partial charge on any atom is 0.251 e. The van der Waals surface area contributed by atoms with Gasteiger partial charge in [0.05, 0.1) is 26.4 Å². The van der Waals surface area contributed by atoms with E-state index in [0.717, 1.165) is 28.1 Å². The second-order valence-corrected chi connectivity index (χ2v) is 11.8. The van der Waals surface area contributed by atoms with E-state index in [9.17, 15) is 14.7 Å². The molecule has 1 aliphatic rings. The zero-order valence-electron chi connectivity index (χ0n) is 26.6. The first-order valence-electron chi connectivity index (χ1n) is 14.9. The Bertz CT molecular complexity index is 1450. The molecule has 0 radical (unpaired) electrons. The van der Waals surface area contributed by atoms with Crippen LogP contribution < -0.4 is 26.4 Å². The zero-order valence-corrected chi connectivity index (χ0v) is 26.6. The molecular formula is C33H45N7O5. The number of methoxy groups -OCH3 is 1. The average molecular weight is 620 g/mol. The monoisotopic (exact) mass is 619 g/mol. The lowest BCUT2D eigenvalue weighted by molar-refractivity contribution is -0.172. The maximum absolute atomic E-state index is 13.8. The molecule has 2 unspecified atom stereocenters. The molecule has 12 nitrogen and oxygen atoms in total. The molecule has 0 spiro atoms. The van der Waals surface area contributed by atoms with Gasteiger partial charge in [0.2, 0.25) is 5.91 Å². The second-order valence-electron chi connectivity index (χ2n) is 11.8. The van der Waals surface area contributed by atoms with E-state index in [-0.39, 0.29) is 31.6 Å². The topological polar surface area (TPSA) is 160 Å². The van der Waals surface area contributed by atoms with Gasteiger partial charge in [-0.1, -0.05) is 24.3 Å². The molecule has 0 aliphatic carbocycles. The quantitative estimate of drug-likeness (QED) is 0.207. The number of hydrogen-bond donors (Lipinski definition) is 4. The Kier molecular flexibility index (Phi) is 11.5. The Morgan fingerprint density at radius 1 is 1.13 bits per heavy atom. The number of benzene rings is 2. The minimum Gasteiger partial charge on any atom is -0.496 e. The van der Waals surface area contributed by atoms with Crippen molar-refractivity contribution >= 4 is 17.5 Å². The van der Waals surface area contributed by atoms with Crippen molar-refractivity contribution in [3.63, 3.8) is 0 Å². The third-order valence-corrected chi connectivity index (χ3v) is 7.94. The van der Waals surface area contributed by atoms with Crippen LogP contribution in [0.4, 0.5) is 5.69 Å². The smallest absolute Gasteiger partial charge is 0.251 e. The number of hydroxylamine groups is 2. The SMILES string of the molecule is COc1c(CN2OC(CN)[C@@H](CO)[C@H]2C(N)=O)cccc1-c1cc(C(=O)NC(Cc2ccccn2)CN(C)C)cc(N(C)C)c1. The summed E-state index contributed by atoms with van der Waals surface area (Å²) in [6, 6.07) is 16.1. The molecule has 2 aromatic carbocycles. The number of pyridine rings is 1. The third kappa shape index (κ3) is 8.16. The number of aliphatic hydroxyl groups excluding tert-OH is 1. The van der Waals surface area contributed by atoms with Crippen LogP contribution in [0.3, 0.4) is 0 Å². The lowest BCUT2D eigenvalue weighted by Gasteiger charge is -2.24. The van der Waals surface area contributed by atoms with E-state index in [4.69, 9.17) is 21.0 Å². The predicted octanol–water partition coefficient (Wildman–Crippen LogP) is 1.26. The molecule has 242 valence electrons. The first-order chi connectivity index (χ1) is 21.6. The number of anilines is 1. The summed E-state index contributed by atoms with van der Waals surface area (Å²) in [6.07, 6.45) is 1.80. The molecule has 1 fully saturated rings. The van der Waals surface area contributed by atoms with E-state index in [1.54, 1.807) is 13.3 Å². The van der Waals surface area contributed by atoms with Crippen LogP contribution in [0.1, 0.15) is 21.6 Å². The van der Waals surface area contributed by atoms with Crippen LogP contribution in [-0.2, 0) is 22.6 Å². The maximum atomic E-state index is 13.8. The summed E-state index contributed by atoms with van der Waals surface area (Å²) in [5, 5.41) is 14.6. The van der Waals surface area contributed by atoms with Crippen LogP contribution in [-0.4, -0.2) is 105 Å². The lowest BCUT2D eigenvalue weighted by Crippen LogP contribution is -2.45. The van der Waals surface area contributed by atoms with E-state index >= 15 is 0 Å². The highest BCUT2D eigenvalue weighted by Gasteiger charge is 2.45. The van der Waals surface area contributed by atoms with Crippen LogP contribution in [0.15, 0.2) is 60.8 Å². The van der Waals surface area contributed by atoms with Crippen LogP contribution in [0.2, 0.25) is 0 Å². The van der Waals surface area contributed by atoms with Gasteiger partial charge in [0.1, 0.15) is 11.8 Å². The molecule has 0 bridgehead atoms. The number of hydrogen-bond acceptors (Lipinski definition) is 10. The molecule has 2 heterocycles. The van der Waals surface area contributed by atoms with Crippen LogP contribution in [0.25, 0.3) is 11.1 Å². The molecule has 4 atom stereocenters. The number of nitrogens with two attached hydrogens (primary N) is 2. The standard InChI is InChI=1S/C33H45N7O5/c1-38(2)19-25(16-24-10-6-7-12-36-24)37-33(43)23-13-22(14-26(15-23)39(3)4)27-11-8-9-21(31(27)44-5)18-40-30(32(35)42)28(20-41)29(17-34)45-40/h6-15,25,28-30,41H,16-20,34H2,1-5H3,(H2,35,42)(H,37,43)/t25?,28-,29?,30+/m1/s1. The molecule has 12 heteroatoms. The highest BCUT2D eigenvalue weighted by atomic mass is 16.7. The van der Waals surface area contributed by atoms with Crippen molar-refractivity contribution in [1.82, 2.24) is 20.3 Å². The van der Waals surface area contributed by atoms with E-state index in [2.05, 4.69) is 10.3 Å². The van der Waals surface area contributed by atoms with Gasteiger partial charge in [0.15, 0.2) is 0 Å². The van der Waals surface area contributed by atoms with Crippen LogP contribution in [0, 0.1) is 5.92 Å². The number of aliphatic hydroxyl groups is 1. The summed E-state index contributed by atoms with van der Waals surface area (Å²) in [4.78, 5) is 40.5. The molecule has 1 saturated heterocycles. The van der Waals surface area contributed by atoms with E-state index in [0.29, 0.717) is 24.3 Å². The van der Waals surface area contributed by atoms with Crippen molar-refractivity contribution < 1.29 is 24.3 Å². The van der Waals surface area contributed by atoms with Crippen molar-refractivity contribution in [3.05, 3.63) is 77.6 Å². The first kappa shape index (κ1) is 33.8. The van der Waals surface area contributed by atoms with Gasteiger partial charge < -0.3 is 36.4 Å². The van der Waals surface area contributed by atoms with Gasteiger partial charge >= 0.3 is 0 Å². The van der Waals surface area contributed by atoms with Gasteiger partial charge in [-0.05, 0) is 50.0 Å². The van der Waals surface area contributed by atoms with Gasteiger partial charge in [-0.3, -0.25) is 19.4 Å². The number of carbonyl (C=O) groups is 2. The molecule has 6 N–H and O–H groups in total. The van der Waals surface area contributed by atoms with E-state index in [1.807, 2.05) is 92.6 Å². The Hall–Kier alpha value is -4.07. The van der Waals surface area contributed by atoms with E-state index < -0.39 is 24.0 Å². The van der Waals surface area contributed by atoms with Crippen LogP contribution in [0.5, 0.6) is 5.75 Å². The molecule has 2 amide bonds. The molecule has 1 aromatic heterocycles. The number of aromatic nitrogens is 1. The molecule has 1 aliphatic heterocycles. The Labute approximate surface area is 264 Å². The average Bonchev–Trinajstić information content (AvgIpc) is 3.38. The summed E-state index contributed by atoms with van der Waals surface area (Å²) in [6.45, 7) is 0.647. The number of nitrogens with zero attached hydrogens (tertiary/aromatic N) is 4. The van der Waals surface area contributed by atoms with Gasteiger partial charge in [0.25, 0.3) is 5.91 Å². The van der Waals surface area contributed by atoms with Gasteiger partial charge in [-0.25, -0.2) is 0 Å². The number of rotatable bonds is 14. The third-order valence-electron chi connectivity index (χ3n) is 7.94. The largest absolute Gasteiger partial charge is 0.496 e. The summed E-state index contributed by atoms with van der Waals surface area (Å²) in [7, 11) is 9.36. The normalized spacial score (nSPS) is 19.0. The molecule has 4 rings (SSSR count). The summed E-state index contributed by atoms with van der Waals surface area (Å²) < 4.78 is 5.92. The number of primary amides is 1. The Morgan fingerprint density at radius 3 is 2.51 bits per heavy atom. The van der Waals surface area contributed by atoms with Crippen molar-refractivity contribution in [1.29, 1.82) is 0 Å². The summed E-state index contributed by atoms with van der Waals surface area (Å²) in [5.74, 6) is -0.793. The lowest BCUT2D eigenvalue weighted by atomic mass is 9.94. The van der Waals surface area contributed by atoms with Gasteiger partial charge in [0, 0.05) is 79.8 Å².